The predicted molar refractivity (Wildman–Crippen MR) is 72.4 cm³/mol. The first-order valence-corrected chi connectivity index (χ1v) is 6.71. The lowest BCUT2D eigenvalue weighted by Gasteiger charge is -2.03. The number of fused-ring (bicyclic) bond motifs is 1. The maximum Gasteiger partial charge on any atom is 0.181 e. The molecule has 5 nitrogen and oxygen atoms in total. The summed E-state index contributed by atoms with van der Waals surface area (Å²) in [4.78, 5) is 15.2. The van der Waals surface area contributed by atoms with Gasteiger partial charge in [-0.1, -0.05) is 11.8 Å². The molecule has 98 valence electrons. The molecular formula is C13H8FN5S. The molecule has 0 aliphatic heterocycles. The van der Waals surface area contributed by atoms with Gasteiger partial charge in [-0.15, -0.1) is 0 Å². The van der Waals surface area contributed by atoms with E-state index >= 15 is 0 Å². The fourth-order valence-corrected chi connectivity index (χ4v) is 2.69. The fourth-order valence-electron chi connectivity index (χ4n) is 1.80. The molecule has 2 aromatic heterocycles. The Balaban J connectivity index is 1.85. The number of nitrogens with one attached hydrogen (secondary N) is 1. The van der Waals surface area contributed by atoms with Crippen molar-refractivity contribution in [3.05, 3.63) is 47.8 Å². The van der Waals surface area contributed by atoms with Gasteiger partial charge in [-0.05, 0) is 23.8 Å². The first-order valence-electron chi connectivity index (χ1n) is 5.73. The Kier molecular flexibility index (Phi) is 3.31. The van der Waals surface area contributed by atoms with Crippen LogP contribution >= 0.6 is 11.8 Å². The van der Waals surface area contributed by atoms with E-state index in [1.807, 2.05) is 6.07 Å². The highest BCUT2D eigenvalue weighted by Gasteiger charge is 2.07. The van der Waals surface area contributed by atoms with Gasteiger partial charge >= 0.3 is 0 Å². The van der Waals surface area contributed by atoms with Crippen LogP contribution in [0.5, 0.6) is 0 Å². The first kappa shape index (κ1) is 12.6. The number of hydrogen-bond donors (Lipinski definition) is 1. The summed E-state index contributed by atoms with van der Waals surface area (Å²) in [5, 5.41) is 9.57. The van der Waals surface area contributed by atoms with Gasteiger partial charge in [-0.3, -0.25) is 0 Å². The lowest BCUT2D eigenvalue weighted by Crippen LogP contribution is -1.89. The summed E-state index contributed by atoms with van der Waals surface area (Å²) < 4.78 is 13.3. The summed E-state index contributed by atoms with van der Waals surface area (Å²) in [7, 11) is 0. The number of nitriles is 1. The Morgan fingerprint density at radius 2 is 2.15 bits per heavy atom. The van der Waals surface area contributed by atoms with Gasteiger partial charge in [0.2, 0.25) is 0 Å². The third-order valence-electron chi connectivity index (χ3n) is 2.65. The van der Waals surface area contributed by atoms with Gasteiger partial charge in [0.15, 0.2) is 5.65 Å². The van der Waals surface area contributed by atoms with E-state index in [4.69, 9.17) is 5.26 Å². The van der Waals surface area contributed by atoms with E-state index in [1.54, 1.807) is 12.4 Å². The third-order valence-corrected chi connectivity index (χ3v) is 3.71. The minimum absolute atomic E-state index is 0.315. The van der Waals surface area contributed by atoms with Crippen LogP contribution in [-0.4, -0.2) is 19.9 Å². The Morgan fingerprint density at radius 1 is 1.25 bits per heavy atom. The minimum Gasteiger partial charge on any atom is -0.341 e. The molecule has 0 bridgehead atoms. The molecule has 0 saturated heterocycles. The van der Waals surface area contributed by atoms with E-state index in [0.717, 1.165) is 16.1 Å². The zero-order valence-electron chi connectivity index (χ0n) is 10.2. The summed E-state index contributed by atoms with van der Waals surface area (Å²) in [6, 6.07) is 6.24. The highest BCUT2D eigenvalue weighted by Crippen LogP contribution is 2.26. The number of rotatable bonds is 3. The SMILES string of the molecule is N#Cc1cc(F)cc(CSc2ncnc3nc[nH]c23)c1. The number of hydrogen-bond acceptors (Lipinski definition) is 5. The smallest absolute Gasteiger partial charge is 0.181 e. The van der Waals surface area contributed by atoms with Crippen molar-refractivity contribution in [2.24, 2.45) is 0 Å². The Hall–Kier alpha value is -2.46. The van der Waals surface area contributed by atoms with Gasteiger partial charge in [-0.2, -0.15) is 5.26 Å². The summed E-state index contributed by atoms with van der Waals surface area (Å²) >= 11 is 1.44. The monoisotopic (exact) mass is 285 g/mol. The average Bonchev–Trinajstić information content (AvgIpc) is 2.93. The lowest BCUT2D eigenvalue weighted by atomic mass is 10.1. The molecule has 1 N–H and O–H groups in total. The van der Waals surface area contributed by atoms with Crippen molar-refractivity contribution in [1.82, 2.24) is 19.9 Å². The molecule has 3 aromatic rings. The molecule has 3 rings (SSSR count). The van der Waals surface area contributed by atoms with E-state index in [9.17, 15) is 4.39 Å². The lowest BCUT2D eigenvalue weighted by molar-refractivity contribution is 0.626. The quantitative estimate of drug-likeness (QED) is 0.591. The number of thioether (sulfide) groups is 1. The second kappa shape index (κ2) is 5.27. The van der Waals surface area contributed by atoms with Crippen LogP contribution in [0, 0.1) is 17.1 Å². The predicted octanol–water partition coefficient (Wildman–Crippen LogP) is 2.66. The van der Waals surface area contributed by atoms with Crippen molar-refractivity contribution in [3.8, 4) is 6.07 Å². The van der Waals surface area contributed by atoms with Crippen LogP contribution in [-0.2, 0) is 5.75 Å². The molecular weight excluding hydrogens is 277 g/mol. The van der Waals surface area contributed by atoms with Crippen LogP contribution in [0.4, 0.5) is 4.39 Å². The number of aromatic nitrogens is 4. The summed E-state index contributed by atoms with van der Waals surface area (Å²) in [6.45, 7) is 0. The van der Waals surface area contributed by atoms with Gasteiger partial charge in [0.05, 0.1) is 18.0 Å². The summed E-state index contributed by atoms with van der Waals surface area (Å²) in [5.41, 5.74) is 2.40. The summed E-state index contributed by atoms with van der Waals surface area (Å²) in [5.74, 6) is 0.103. The molecule has 0 amide bonds. The molecule has 0 saturated carbocycles. The highest BCUT2D eigenvalue weighted by atomic mass is 32.2. The average molecular weight is 285 g/mol. The molecule has 1 aromatic carbocycles. The van der Waals surface area contributed by atoms with Gasteiger partial charge in [0.25, 0.3) is 0 Å². The van der Waals surface area contributed by atoms with Crippen LogP contribution in [0.15, 0.2) is 35.9 Å². The fraction of sp³-hybridized carbons (Fsp3) is 0.0769. The standard InChI is InChI=1S/C13H8FN5S/c14-10-2-8(4-15)1-9(3-10)5-20-13-11-12(17-6-16-11)18-7-19-13/h1-3,6-7H,5H2,(H,16,17,18,19). The Morgan fingerprint density at radius 3 is 3.00 bits per heavy atom. The molecule has 2 heterocycles. The van der Waals surface area contributed by atoms with E-state index in [1.165, 1.54) is 30.2 Å². The molecule has 0 atom stereocenters. The number of aromatic amines is 1. The molecule has 0 fully saturated rings. The van der Waals surface area contributed by atoms with Crippen LogP contribution in [0.25, 0.3) is 11.2 Å². The van der Waals surface area contributed by atoms with E-state index in [0.29, 0.717) is 17.0 Å². The molecule has 7 heteroatoms. The number of imidazole rings is 1. The first-order chi connectivity index (χ1) is 9.76. The zero-order valence-corrected chi connectivity index (χ0v) is 11.0. The number of halogens is 1. The topological polar surface area (TPSA) is 78.2 Å². The van der Waals surface area contributed by atoms with Crippen molar-refractivity contribution >= 4 is 22.9 Å². The third kappa shape index (κ3) is 2.46. The largest absolute Gasteiger partial charge is 0.341 e. The molecule has 0 aliphatic rings. The molecule has 0 unspecified atom stereocenters. The molecule has 0 aliphatic carbocycles. The van der Waals surface area contributed by atoms with Crippen molar-refractivity contribution in [2.75, 3.05) is 0 Å². The van der Waals surface area contributed by atoms with Gasteiger partial charge in [-0.25, -0.2) is 19.3 Å². The maximum absolute atomic E-state index is 13.3. The van der Waals surface area contributed by atoms with Gasteiger partial charge in [0.1, 0.15) is 22.7 Å². The van der Waals surface area contributed by atoms with E-state index in [-0.39, 0.29) is 0 Å². The van der Waals surface area contributed by atoms with E-state index in [2.05, 4.69) is 19.9 Å². The van der Waals surface area contributed by atoms with Crippen molar-refractivity contribution in [2.45, 2.75) is 10.8 Å². The van der Waals surface area contributed by atoms with Crippen molar-refractivity contribution < 1.29 is 4.39 Å². The molecule has 0 spiro atoms. The van der Waals surface area contributed by atoms with Crippen LogP contribution in [0.3, 0.4) is 0 Å². The van der Waals surface area contributed by atoms with Crippen LogP contribution in [0.2, 0.25) is 0 Å². The second-order valence-electron chi connectivity index (χ2n) is 4.03. The highest BCUT2D eigenvalue weighted by molar-refractivity contribution is 7.98. The minimum atomic E-state index is -0.408. The summed E-state index contributed by atoms with van der Waals surface area (Å²) in [6.07, 6.45) is 3.00. The Bertz CT molecular complexity index is 808. The van der Waals surface area contributed by atoms with Crippen molar-refractivity contribution in [1.29, 1.82) is 5.26 Å². The number of benzene rings is 1. The zero-order chi connectivity index (χ0) is 13.9. The van der Waals surface area contributed by atoms with Crippen LogP contribution in [0.1, 0.15) is 11.1 Å². The maximum atomic E-state index is 13.3. The number of H-pyrrole nitrogens is 1. The molecule has 0 radical (unpaired) electrons. The van der Waals surface area contributed by atoms with E-state index < -0.39 is 5.82 Å². The number of nitrogens with zero attached hydrogens (tertiary/aromatic N) is 4. The molecule has 20 heavy (non-hydrogen) atoms. The van der Waals surface area contributed by atoms with Gasteiger partial charge in [0, 0.05) is 5.75 Å². The van der Waals surface area contributed by atoms with Crippen molar-refractivity contribution in [3.63, 3.8) is 0 Å². The Labute approximate surface area is 117 Å². The van der Waals surface area contributed by atoms with Crippen LogP contribution < -0.4 is 0 Å². The van der Waals surface area contributed by atoms with Gasteiger partial charge < -0.3 is 4.98 Å². The normalized spacial score (nSPS) is 10.6. The second-order valence-corrected chi connectivity index (χ2v) is 4.99.